The maximum absolute atomic E-state index is 8.58. The van der Waals surface area contributed by atoms with E-state index in [2.05, 4.69) is 30.3 Å². The van der Waals surface area contributed by atoms with Gasteiger partial charge in [-0.15, -0.1) is 11.3 Å². The summed E-state index contributed by atoms with van der Waals surface area (Å²) >= 11 is 1.52. The van der Waals surface area contributed by atoms with E-state index < -0.39 is 6.04 Å². The summed E-state index contributed by atoms with van der Waals surface area (Å²) in [6, 6.07) is 38.5. The average molecular weight is 573 g/mol. The minimum atomic E-state index is -0.403. The van der Waals surface area contributed by atoms with Crippen LogP contribution in [0.3, 0.4) is 0 Å². The van der Waals surface area contributed by atoms with E-state index in [1.165, 1.54) is 11.3 Å². The van der Waals surface area contributed by atoms with Crippen molar-refractivity contribution in [1.82, 2.24) is 15.0 Å². The second-order valence-corrected chi connectivity index (χ2v) is 11.2. The summed E-state index contributed by atoms with van der Waals surface area (Å²) < 4.78 is 43.4. The van der Waals surface area contributed by atoms with Crippen molar-refractivity contribution in [1.29, 1.82) is 0 Å². The number of nitrogens with zero attached hydrogens (tertiary/aromatic N) is 3. The van der Waals surface area contributed by atoms with Gasteiger partial charge < -0.3 is 0 Å². The van der Waals surface area contributed by atoms with E-state index in [0.29, 0.717) is 23.0 Å². The van der Waals surface area contributed by atoms with Crippen molar-refractivity contribution in [3.63, 3.8) is 0 Å². The van der Waals surface area contributed by atoms with Crippen LogP contribution in [0.2, 0.25) is 0 Å². The predicted molar refractivity (Wildman–Crippen MR) is 180 cm³/mol. The molecule has 0 saturated heterocycles. The largest absolute Gasteiger partial charge is 0.208 e. The van der Waals surface area contributed by atoms with Crippen LogP contribution in [0.15, 0.2) is 152 Å². The Hall–Kier alpha value is -5.45. The Balaban J connectivity index is 1.29. The fraction of sp³-hybridized carbons (Fsp3) is 0. The minimum Gasteiger partial charge on any atom is -0.208 e. The summed E-state index contributed by atoms with van der Waals surface area (Å²) in [6.45, 7) is 0. The monoisotopic (exact) mass is 572 g/mol. The zero-order chi connectivity index (χ0) is 32.9. The van der Waals surface area contributed by atoms with Crippen LogP contribution in [0.25, 0.3) is 76.6 Å². The van der Waals surface area contributed by atoms with Gasteiger partial charge >= 0.3 is 0 Å². The van der Waals surface area contributed by atoms with E-state index in [1.54, 1.807) is 0 Å². The van der Waals surface area contributed by atoms with Crippen LogP contribution < -0.4 is 0 Å². The molecule has 8 aromatic rings. The van der Waals surface area contributed by atoms with Gasteiger partial charge in [0.2, 0.25) is 0 Å². The number of benzene rings is 6. The van der Waals surface area contributed by atoms with E-state index in [9.17, 15) is 0 Å². The quantitative estimate of drug-likeness (QED) is 0.206. The summed E-state index contributed by atoms with van der Waals surface area (Å²) in [7, 11) is 0. The molecule has 4 heteroatoms. The van der Waals surface area contributed by atoms with Crippen molar-refractivity contribution in [2.24, 2.45) is 0 Å². The fourth-order valence-electron chi connectivity index (χ4n) is 5.34. The van der Waals surface area contributed by atoms with Gasteiger partial charge in [0.15, 0.2) is 17.5 Å². The summed E-state index contributed by atoms with van der Waals surface area (Å²) in [5.74, 6) is 1.67. The number of rotatable bonds is 5. The third-order valence-corrected chi connectivity index (χ3v) is 8.62. The predicted octanol–water partition coefficient (Wildman–Crippen LogP) is 10.6. The van der Waals surface area contributed by atoms with Crippen LogP contribution in [0, 0.1) is 0 Å². The summed E-state index contributed by atoms with van der Waals surface area (Å²) in [5.41, 5.74) is 5.56. The molecule has 0 N–H and O–H groups in total. The van der Waals surface area contributed by atoms with Crippen LogP contribution in [0.1, 0.15) is 6.85 Å². The molecule has 0 fully saturated rings. The first kappa shape index (κ1) is 20.4. The van der Waals surface area contributed by atoms with E-state index in [-0.39, 0.29) is 29.7 Å². The number of aromatic nitrogens is 3. The molecule has 2 heterocycles. The van der Waals surface area contributed by atoms with Crippen molar-refractivity contribution < 1.29 is 6.85 Å². The summed E-state index contributed by atoms with van der Waals surface area (Å²) in [4.78, 5) is 14.8. The van der Waals surface area contributed by atoms with E-state index in [0.717, 1.165) is 48.0 Å². The average Bonchev–Trinajstić information content (AvgIpc) is 3.52. The van der Waals surface area contributed by atoms with E-state index in [1.807, 2.05) is 91.0 Å². The Morgan fingerprint density at radius 3 is 1.79 bits per heavy atom. The Morgan fingerprint density at radius 2 is 1.05 bits per heavy atom. The van der Waals surface area contributed by atoms with Crippen LogP contribution in [-0.2, 0) is 0 Å². The third kappa shape index (κ3) is 4.78. The molecular weight excluding hydrogens is 543 g/mol. The number of fused-ring (bicyclic) bond motifs is 3. The first-order valence-corrected chi connectivity index (χ1v) is 14.7. The van der Waals surface area contributed by atoms with Gasteiger partial charge in [0.05, 0.1) is 6.85 Å². The highest BCUT2D eigenvalue weighted by Crippen LogP contribution is 2.41. The van der Waals surface area contributed by atoms with Gasteiger partial charge in [-0.25, -0.2) is 15.0 Å². The lowest BCUT2D eigenvalue weighted by atomic mass is 10.0. The zero-order valence-corrected chi connectivity index (χ0v) is 23.6. The second kappa shape index (κ2) is 10.8. The normalized spacial score (nSPS) is 12.9. The van der Waals surface area contributed by atoms with Crippen LogP contribution in [-0.4, -0.2) is 15.0 Å². The molecule has 0 atom stereocenters. The standard InChI is InChI=1S/C39H25N3S/c1-4-12-26(13-5-1)29-18-10-19-30(24-29)38-40-37(28-16-8-3-9-17-28)41-39(42-38)31-22-23-33-34-21-11-20-32(27-14-6-2-7-15-27)36(34)43-35(33)25-31/h1-25H/i2D,6D,7D,14D,15D. The highest BCUT2D eigenvalue weighted by molar-refractivity contribution is 7.26. The van der Waals surface area contributed by atoms with Crippen molar-refractivity contribution in [3.05, 3.63) is 152 Å². The van der Waals surface area contributed by atoms with Crippen LogP contribution in [0.4, 0.5) is 0 Å². The van der Waals surface area contributed by atoms with E-state index in [4.69, 9.17) is 21.8 Å². The minimum absolute atomic E-state index is 0.200. The van der Waals surface area contributed by atoms with Gasteiger partial charge in [0.25, 0.3) is 0 Å². The van der Waals surface area contributed by atoms with Crippen LogP contribution >= 0.6 is 11.3 Å². The molecule has 0 aliphatic rings. The van der Waals surface area contributed by atoms with Crippen molar-refractivity contribution in [3.8, 4) is 56.4 Å². The first-order valence-electron chi connectivity index (χ1n) is 16.4. The Bertz CT molecular complexity index is 2490. The molecule has 0 unspecified atom stereocenters. The SMILES string of the molecule is [2H]c1c([2H])c([2H])c(-c2cccc3c2sc2cc(-c4nc(-c5ccccc5)nc(-c5cccc(-c6ccccc6)c5)n4)ccc23)c([2H])c1[2H]. The van der Waals surface area contributed by atoms with Gasteiger partial charge in [0, 0.05) is 36.9 Å². The maximum atomic E-state index is 8.58. The topological polar surface area (TPSA) is 38.7 Å². The lowest BCUT2D eigenvalue weighted by molar-refractivity contribution is 1.07. The van der Waals surface area contributed by atoms with Gasteiger partial charge in [0.1, 0.15) is 0 Å². The molecule has 3 nitrogen and oxygen atoms in total. The molecule has 0 amide bonds. The molecule has 0 aliphatic heterocycles. The van der Waals surface area contributed by atoms with Gasteiger partial charge in [-0.3, -0.25) is 0 Å². The molecule has 43 heavy (non-hydrogen) atoms. The summed E-state index contributed by atoms with van der Waals surface area (Å²) in [6.07, 6.45) is 0. The highest BCUT2D eigenvalue weighted by Gasteiger charge is 2.15. The molecule has 6 aromatic carbocycles. The van der Waals surface area contributed by atoms with Gasteiger partial charge in [-0.2, -0.15) is 0 Å². The number of hydrogen-bond acceptors (Lipinski definition) is 4. The van der Waals surface area contributed by atoms with Gasteiger partial charge in [-0.1, -0.05) is 139 Å². The first-order chi connectivity index (χ1) is 23.4. The number of thiophene rings is 1. The third-order valence-electron chi connectivity index (χ3n) is 7.42. The van der Waals surface area contributed by atoms with Crippen LogP contribution in [0.5, 0.6) is 0 Å². The second-order valence-electron chi connectivity index (χ2n) is 10.1. The Morgan fingerprint density at radius 1 is 0.442 bits per heavy atom. The van der Waals surface area contributed by atoms with Gasteiger partial charge in [-0.05, 0) is 34.4 Å². The van der Waals surface area contributed by atoms with Crippen molar-refractivity contribution >= 4 is 31.5 Å². The number of hydrogen-bond donors (Lipinski definition) is 0. The van der Waals surface area contributed by atoms with E-state index >= 15 is 0 Å². The molecule has 8 rings (SSSR count). The highest BCUT2D eigenvalue weighted by atomic mass is 32.1. The lowest BCUT2D eigenvalue weighted by Crippen LogP contribution is -2.00. The molecule has 202 valence electrons. The lowest BCUT2D eigenvalue weighted by Gasteiger charge is -2.10. The fourth-order valence-corrected chi connectivity index (χ4v) is 6.60. The molecule has 0 aliphatic carbocycles. The molecule has 0 saturated carbocycles. The maximum Gasteiger partial charge on any atom is 0.164 e. The zero-order valence-electron chi connectivity index (χ0n) is 27.8. The Labute approximate surface area is 260 Å². The smallest absolute Gasteiger partial charge is 0.164 e. The van der Waals surface area contributed by atoms with Crippen molar-refractivity contribution in [2.45, 2.75) is 0 Å². The Kier molecular flexibility index (Phi) is 5.11. The molecule has 0 radical (unpaired) electrons. The van der Waals surface area contributed by atoms with Crippen molar-refractivity contribution in [2.75, 3.05) is 0 Å². The molecular formula is C39H25N3S. The molecule has 0 spiro atoms. The molecule has 0 bridgehead atoms. The summed E-state index contributed by atoms with van der Waals surface area (Å²) in [5, 5.41) is 1.95. The molecule has 2 aromatic heterocycles.